The summed E-state index contributed by atoms with van der Waals surface area (Å²) in [6, 6.07) is -0.894. The quantitative estimate of drug-likeness (QED) is 0.0696. The fourth-order valence-electron chi connectivity index (χ4n) is 7.01. The number of Topliss-reactive ketones (excluding diaryl/α,β-unsaturated/α-hetero) is 3. The summed E-state index contributed by atoms with van der Waals surface area (Å²) in [5.41, 5.74) is 16.5. The van der Waals surface area contributed by atoms with Gasteiger partial charge in [-0.15, -0.1) is 0 Å². The molecule has 0 bridgehead atoms. The van der Waals surface area contributed by atoms with Gasteiger partial charge >= 0.3 is 0 Å². The van der Waals surface area contributed by atoms with E-state index in [0.29, 0.717) is 12.0 Å². The van der Waals surface area contributed by atoms with Crippen molar-refractivity contribution in [3.63, 3.8) is 0 Å². The van der Waals surface area contributed by atoms with Gasteiger partial charge in [0.1, 0.15) is 17.8 Å². The van der Waals surface area contributed by atoms with Crippen LogP contribution in [0.3, 0.4) is 0 Å². The number of benzene rings is 1. The zero-order chi connectivity index (χ0) is 49.7. The highest BCUT2D eigenvalue weighted by Crippen LogP contribution is 2.18. The van der Waals surface area contributed by atoms with Crippen LogP contribution >= 0.6 is 0 Å². The number of rotatable bonds is 20. The van der Waals surface area contributed by atoms with Crippen LogP contribution in [0, 0.1) is 17.8 Å². The van der Waals surface area contributed by atoms with Crippen molar-refractivity contribution in [2.45, 2.75) is 141 Å². The maximum absolute atomic E-state index is 14.0. The fourth-order valence-corrected chi connectivity index (χ4v) is 7.01. The maximum atomic E-state index is 14.0. The average Bonchev–Trinajstić information content (AvgIpc) is 3.24. The molecule has 0 unspecified atom stereocenters. The lowest BCUT2D eigenvalue weighted by Crippen LogP contribution is -2.58. The van der Waals surface area contributed by atoms with Crippen molar-refractivity contribution in [2.75, 3.05) is 6.54 Å². The van der Waals surface area contributed by atoms with Gasteiger partial charge in [-0.1, -0.05) is 46.2 Å². The zero-order valence-corrected chi connectivity index (χ0v) is 37.9. The molecule has 0 saturated carbocycles. The lowest BCUT2D eigenvalue weighted by atomic mass is 9.91. The first-order valence-corrected chi connectivity index (χ1v) is 22.0. The van der Waals surface area contributed by atoms with Crippen LogP contribution in [0.15, 0.2) is 24.3 Å². The Hall–Kier alpha value is -6.74. The number of phenolic OH excluding ortho intramolecular Hbond substituents is 1. The summed E-state index contributed by atoms with van der Waals surface area (Å²) in [6.45, 7) is 6.34. The third-order valence-electron chi connectivity index (χ3n) is 10.9. The molecule has 22 heteroatoms. The predicted octanol–water partition coefficient (Wildman–Crippen LogP) is -1.74. The largest absolute Gasteiger partial charge is 0.508 e. The first-order valence-electron chi connectivity index (χ1n) is 22.0. The normalized spacial score (nSPS) is 21.4. The SMILES string of the molecule is CC[C@H](C)[C@@H]1NC(=O)[C@H](Cc2ccc(O)cc2)NC(=O)CNC(=O)CC[C@@H](C(=O)CCC(=O)N[C@@H](CC(C)C)C(=O)CCC(N)=O)NC(=O)[C@H](CC(N)=O)CC(=O)[C@H](CCC(N)=O)NC1=O. The molecule has 1 aliphatic heterocycles. The zero-order valence-electron chi connectivity index (χ0n) is 37.9. The minimum absolute atomic E-state index is 0.0499. The highest BCUT2D eigenvalue weighted by Gasteiger charge is 2.36. The summed E-state index contributed by atoms with van der Waals surface area (Å²) in [5.74, 6) is -11.9. The molecule has 0 spiro atoms. The van der Waals surface area contributed by atoms with E-state index < -0.39 is 164 Å². The van der Waals surface area contributed by atoms with Gasteiger partial charge in [0.2, 0.25) is 53.2 Å². The van der Waals surface area contributed by atoms with E-state index in [1.165, 1.54) is 24.3 Å². The van der Waals surface area contributed by atoms with Gasteiger partial charge < -0.3 is 54.2 Å². The molecule has 22 nitrogen and oxygen atoms in total. The number of ketones is 3. The highest BCUT2D eigenvalue weighted by atomic mass is 16.3. The first kappa shape index (κ1) is 55.4. The average molecular weight is 928 g/mol. The van der Waals surface area contributed by atoms with Crippen molar-refractivity contribution in [1.82, 2.24) is 31.9 Å². The van der Waals surface area contributed by atoms with Crippen LogP contribution in [0.25, 0.3) is 0 Å². The van der Waals surface area contributed by atoms with Crippen LogP contribution < -0.4 is 49.1 Å². The number of phenols is 1. The van der Waals surface area contributed by atoms with Gasteiger partial charge in [0.05, 0.1) is 30.6 Å². The van der Waals surface area contributed by atoms with Crippen LogP contribution in [0.5, 0.6) is 5.75 Å². The standard InChI is InChI=1S/C44H65N9O13/c1-5-24(4)41-44(66)52-29(10-14-35(45)58)34(57)20-26(21-37(47)60)42(64)51-28(32(55)13-17-39(62)49-30(18-23(2)3)33(56)12-15-36(46)59)11-16-38(61)48-22-40(63)50-31(43(65)53-41)19-25-6-8-27(54)9-7-25/h6-9,23-24,26,28-31,41,54H,5,10-22H2,1-4H3,(H2,45,58)(H2,46,59)(H2,47,60)(H,48,61)(H,49,62)(H,50,63)(H,51,64)(H,52,66)(H,53,65)/t24-,26-,28-,29-,30-,31-,41-/m0/s1. The molecule has 1 aliphatic rings. The second kappa shape index (κ2) is 27.6. The summed E-state index contributed by atoms with van der Waals surface area (Å²) >= 11 is 0. The smallest absolute Gasteiger partial charge is 0.243 e. The van der Waals surface area contributed by atoms with Gasteiger partial charge in [-0.3, -0.25) is 57.5 Å². The van der Waals surface area contributed by atoms with Crippen LogP contribution in [0.2, 0.25) is 0 Å². The Labute approximate surface area is 382 Å². The van der Waals surface area contributed by atoms with Crippen molar-refractivity contribution in [3.8, 4) is 5.75 Å². The summed E-state index contributed by atoms with van der Waals surface area (Å²) in [7, 11) is 0. The van der Waals surface area contributed by atoms with Crippen LogP contribution in [-0.4, -0.2) is 112 Å². The highest BCUT2D eigenvalue weighted by molar-refractivity contribution is 5.99. The van der Waals surface area contributed by atoms with Gasteiger partial charge in [-0.25, -0.2) is 0 Å². The fraction of sp³-hybridized carbons (Fsp3) is 0.591. The number of amides is 9. The second-order valence-corrected chi connectivity index (χ2v) is 17.0. The Bertz CT molecular complexity index is 1960. The van der Waals surface area contributed by atoms with Crippen molar-refractivity contribution in [3.05, 3.63) is 29.8 Å². The Morgan fingerprint density at radius 2 is 1.39 bits per heavy atom. The van der Waals surface area contributed by atoms with Crippen LogP contribution in [0.4, 0.5) is 0 Å². The number of carbonyl (C=O) groups is 12. The van der Waals surface area contributed by atoms with E-state index in [1.807, 2.05) is 13.8 Å². The van der Waals surface area contributed by atoms with Crippen molar-refractivity contribution < 1.29 is 62.6 Å². The summed E-state index contributed by atoms with van der Waals surface area (Å²) < 4.78 is 0. The van der Waals surface area contributed by atoms with Crippen LogP contribution in [0.1, 0.15) is 110 Å². The molecule has 13 N–H and O–H groups in total. The molecule has 9 amide bonds. The van der Waals surface area contributed by atoms with Gasteiger partial charge in [-0.2, -0.15) is 0 Å². The Morgan fingerprint density at radius 3 is 1.98 bits per heavy atom. The van der Waals surface area contributed by atoms with E-state index in [9.17, 15) is 62.6 Å². The third kappa shape index (κ3) is 20.4. The van der Waals surface area contributed by atoms with Gasteiger partial charge in [0, 0.05) is 57.8 Å². The third-order valence-corrected chi connectivity index (χ3v) is 10.9. The van der Waals surface area contributed by atoms with E-state index in [-0.39, 0.29) is 43.8 Å². The van der Waals surface area contributed by atoms with Crippen molar-refractivity contribution in [2.24, 2.45) is 35.0 Å². The number of aromatic hydroxyl groups is 1. The summed E-state index contributed by atoms with van der Waals surface area (Å²) in [5, 5.41) is 24.9. The molecule has 0 aliphatic carbocycles. The molecule has 7 atom stereocenters. The van der Waals surface area contributed by atoms with Gasteiger partial charge in [0.15, 0.2) is 17.3 Å². The second-order valence-electron chi connectivity index (χ2n) is 17.0. The number of hydrogen-bond acceptors (Lipinski definition) is 13. The van der Waals surface area contributed by atoms with E-state index in [2.05, 4.69) is 31.9 Å². The van der Waals surface area contributed by atoms with E-state index in [1.54, 1.807) is 13.8 Å². The molecule has 1 aromatic carbocycles. The van der Waals surface area contributed by atoms with Crippen molar-refractivity contribution >= 4 is 70.5 Å². The molecule has 1 fully saturated rings. The molecule has 0 aromatic heterocycles. The molecule has 1 aromatic rings. The molecule has 66 heavy (non-hydrogen) atoms. The van der Waals surface area contributed by atoms with E-state index in [4.69, 9.17) is 17.2 Å². The summed E-state index contributed by atoms with van der Waals surface area (Å²) in [4.78, 5) is 157. The maximum Gasteiger partial charge on any atom is 0.243 e. The Balaban J connectivity index is 2.55. The molecular weight excluding hydrogens is 863 g/mol. The number of hydrogen-bond donors (Lipinski definition) is 10. The van der Waals surface area contributed by atoms with Crippen molar-refractivity contribution in [1.29, 1.82) is 0 Å². The predicted molar refractivity (Wildman–Crippen MR) is 236 cm³/mol. The molecule has 364 valence electrons. The molecule has 1 saturated heterocycles. The number of nitrogens with one attached hydrogen (secondary N) is 6. The summed E-state index contributed by atoms with van der Waals surface area (Å²) in [6.07, 6.45) is -4.12. The topological polar surface area (TPSA) is 375 Å². The van der Waals surface area contributed by atoms with Gasteiger partial charge in [-0.05, 0) is 48.8 Å². The lowest BCUT2D eigenvalue weighted by molar-refractivity contribution is -0.137. The lowest BCUT2D eigenvalue weighted by Gasteiger charge is -2.29. The molecule has 1 heterocycles. The molecular formula is C44H65N9O13. The first-order chi connectivity index (χ1) is 31.0. The van der Waals surface area contributed by atoms with Gasteiger partial charge in [0.25, 0.3) is 0 Å². The van der Waals surface area contributed by atoms with Crippen LogP contribution in [-0.2, 0) is 64.0 Å². The Morgan fingerprint density at radius 1 is 0.742 bits per heavy atom. The molecule has 0 radical (unpaired) electrons. The number of primary amides is 3. The molecule has 2 rings (SSSR count). The Kier molecular flexibility index (Phi) is 23.1. The van der Waals surface area contributed by atoms with E-state index in [0.717, 1.165) is 0 Å². The number of carbonyl (C=O) groups excluding carboxylic acids is 12. The van der Waals surface area contributed by atoms with E-state index >= 15 is 0 Å². The monoisotopic (exact) mass is 927 g/mol. The minimum atomic E-state index is -1.54. The minimum Gasteiger partial charge on any atom is -0.508 e. The number of nitrogens with two attached hydrogens (primary N) is 3.